The lowest BCUT2D eigenvalue weighted by Crippen LogP contribution is -2.20. The molecule has 0 bridgehead atoms. The molecule has 0 aromatic carbocycles. The van der Waals surface area contributed by atoms with Crippen molar-refractivity contribution in [1.82, 2.24) is 5.32 Å². The third-order valence-electron chi connectivity index (χ3n) is 2.03. The van der Waals surface area contributed by atoms with Gasteiger partial charge in [-0.1, -0.05) is 6.92 Å². The van der Waals surface area contributed by atoms with Crippen LogP contribution in [0.15, 0.2) is 11.4 Å². The molecule has 0 fully saturated rings. The van der Waals surface area contributed by atoms with Crippen LogP contribution in [-0.2, 0) is 17.3 Å². The van der Waals surface area contributed by atoms with Gasteiger partial charge in [-0.15, -0.1) is 11.3 Å². The van der Waals surface area contributed by atoms with Crippen molar-refractivity contribution in [3.63, 3.8) is 0 Å². The van der Waals surface area contributed by atoms with Crippen molar-refractivity contribution in [2.45, 2.75) is 13.5 Å². The van der Waals surface area contributed by atoms with E-state index in [2.05, 4.69) is 5.32 Å². The molecule has 1 unspecified atom stereocenters. The predicted molar refractivity (Wildman–Crippen MR) is 66.5 cm³/mol. The van der Waals surface area contributed by atoms with Crippen molar-refractivity contribution in [3.05, 3.63) is 21.9 Å². The van der Waals surface area contributed by atoms with Gasteiger partial charge in [-0.2, -0.15) is 0 Å². The number of hydrogen-bond acceptors (Lipinski definition) is 4. The molecule has 1 atom stereocenters. The Morgan fingerprint density at radius 2 is 2.38 bits per heavy atom. The smallest absolute Gasteiger partial charge is 0.336 e. The minimum atomic E-state index is -0.894. The first kappa shape index (κ1) is 13.3. The highest BCUT2D eigenvalue weighted by molar-refractivity contribution is 7.84. The van der Waals surface area contributed by atoms with Gasteiger partial charge in [-0.3, -0.25) is 4.21 Å². The van der Waals surface area contributed by atoms with Gasteiger partial charge in [0.25, 0.3) is 0 Å². The molecule has 6 heteroatoms. The molecule has 2 N–H and O–H groups in total. The fourth-order valence-electron chi connectivity index (χ4n) is 1.13. The average Bonchev–Trinajstić information content (AvgIpc) is 2.72. The summed E-state index contributed by atoms with van der Waals surface area (Å²) in [5, 5.41) is 13.5. The van der Waals surface area contributed by atoms with E-state index in [9.17, 15) is 9.00 Å². The number of carboxylic acids is 1. The monoisotopic (exact) mass is 261 g/mol. The summed E-state index contributed by atoms with van der Waals surface area (Å²) in [7, 11) is -0.740. The largest absolute Gasteiger partial charge is 0.478 e. The molecule has 0 spiro atoms. The Morgan fingerprint density at radius 3 is 2.94 bits per heavy atom. The van der Waals surface area contributed by atoms with Crippen LogP contribution in [0.2, 0.25) is 0 Å². The van der Waals surface area contributed by atoms with Gasteiger partial charge >= 0.3 is 5.97 Å². The Morgan fingerprint density at radius 1 is 1.62 bits per heavy atom. The van der Waals surface area contributed by atoms with E-state index in [-0.39, 0.29) is 0 Å². The molecule has 1 aromatic rings. The first-order chi connectivity index (χ1) is 7.63. The van der Waals surface area contributed by atoms with Gasteiger partial charge in [0, 0.05) is 45.7 Å². The van der Waals surface area contributed by atoms with E-state index >= 15 is 0 Å². The SMILES string of the molecule is CCS(=O)CCNCc1cc(C(=O)O)cs1. The maximum atomic E-state index is 11.1. The van der Waals surface area contributed by atoms with Crippen molar-refractivity contribution >= 4 is 28.1 Å². The fraction of sp³-hybridized carbons (Fsp3) is 0.500. The summed E-state index contributed by atoms with van der Waals surface area (Å²) >= 11 is 1.42. The molecule has 16 heavy (non-hydrogen) atoms. The quantitative estimate of drug-likeness (QED) is 0.726. The lowest BCUT2D eigenvalue weighted by molar-refractivity contribution is 0.0697. The lowest BCUT2D eigenvalue weighted by atomic mass is 10.3. The standard InChI is InChI=1S/C10H15NO3S2/c1-2-16(14)4-3-11-6-9-5-8(7-15-9)10(12)13/h5,7,11H,2-4,6H2,1H3,(H,12,13). The summed E-state index contributed by atoms with van der Waals surface area (Å²) < 4.78 is 11.1. The van der Waals surface area contributed by atoms with Crippen molar-refractivity contribution < 1.29 is 14.1 Å². The van der Waals surface area contributed by atoms with Gasteiger partial charge in [-0.05, 0) is 6.07 Å². The second kappa shape index (κ2) is 6.78. The Hall–Kier alpha value is -0.720. The average molecular weight is 261 g/mol. The summed E-state index contributed by atoms with van der Waals surface area (Å²) in [6.45, 7) is 3.23. The van der Waals surface area contributed by atoms with E-state index in [0.29, 0.717) is 30.2 Å². The maximum Gasteiger partial charge on any atom is 0.336 e. The van der Waals surface area contributed by atoms with Gasteiger partial charge in [0.05, 0.1) is 5.56 Å². The molecule has 1 rings (SSSR count). The normalized spacial score (nSPS) is 12.6. The van der Waals surface area contributed by atoms with Crippen molar-refractivity contribution in [1.29, 1.82) is 0 Å². The van der Waals surface area contributed by atoms with Crippen molar-refractivity contribution in [2.75, 3.05) is 18.1 Å². The Balaban J connectivity index is 2.27. The number of nitrogens with one attached hydrogen (secondary N) is 1. The summed E-state index contributed by atoms with van der Waals surface area (Å²) in [4.78, 5) is 11.6. The van der Waals surface area contributed by atoms with E-state index in [1.807, 2.05) is 6.92 Å². The topological polar surface area (TPSA) is 66.4 Å². The van der Waals surface area contributed by atoms with E-state index in [4.69, 9.17) is 5.11 Å². The van der Waals surface area contributed by atoms with Crippen LogP contribution in [0.3, 0.4) is 0 Å². The van der Waals surface area contributed by atoms with Crippen LogP contribution in [0.25, 0.3) is 0 Å². The summed E-state index contributed by atoms with van der Waals surface area (Å²) in [5.74, 6) is 0.437. The molecule has 0 aliphatic rings. The second-order valence-corrected chi connectivity index (χ2v) is 6.08. The molecular formula is C10H15NO3S2. The number of rotatable bonds is 7. The van der Waals surface area contributed by atoms with Crippen LogP contribution >= 0.6 is 11.3 Å². The van der Waals surface area contributed by atoms with Crippen LogP contribution in [0, 0.1) is 0 Å². The predicted octanol–water partition coefficient (Wildman–Crippen LogP) is 1.30. The minimum absolute atomic E-state index is 0.332. The van der Waals surface area contributed by atoms with Crippen LogP contribution < -0.4 is 5.32 Å². The first-order valence-corrected chi connectivity index (χ1v) is 7.36. The fourth-order valence-corrected chi connectivity index (χ4v) is 2.62. The molecule has 0 aliphatic heterocycles. The third-order valence-corrected chi connectivity index (χ3v) is 4.27. The summed E-state index contributed by atoms with van der Waals surface area (Å²) in [6.07, 6.45) is 0. The van der Waals surface area contributed by atoms with Crippen LogP contribution in [-0.4, -0.2) is 33.3 Å². The molecule has 4 nitrogen and oxygen atoms in total. The summed E-state index contributed by atoms with van der Waals surface area (Å²) in [5.41, 5.74) is 0.332. The Labute approximate surface area is 101 Å². The van der Waals surface area contributed by atoms with Crippen molar-refractivity contribution in [2.24, 2.45) is 0 Å². The van der Waals surface area contributed by atoms with Gasteiger partial charge in [0.15, 0.2) is 0 Å². The number of carboxylic acid groups (broad SMARTS) is 1. The number of aromatic carboxylic acids is 1. The number of hydrogen-bond donors (Lipinski definition) is 2. The molecule has 0 saturated heterocycles. The van der Waals surface area contributed by atoms with Gasteiger partial charge in [0.2, 0.25) is 0 Å². The molecule has 0 radical (unpaired) electrons. The molecule has 1 aromatic heterocycles. The number of carbonyl (C=O) groups is 1. The molecule has 90 valence electrons. The molecule has 0 saturated carbocycles. The zero-order valence-electron chi connectivity index (χ0n) is 9.06. The first-order valence-electron chi connectivity index (χ1n) is 5.00. The van der Waals surface area contributed by atoms with Gasteiger partial charge in [0.1, 0.15) is 0 Å². The highest BCUT2D eigenvalue weighted by Crippen LogP contribution is 2.14. The van der Waals surface area contributed by atoms with E-state index in [1.54, 1.807) is 11.4 Å². The van der Waals surface area contributed by atoms with Crippen molar-refractivity contribution in [3.8, 4) is 0 Å². The lowest BCUT2D eigenvalue weighted by Gasteiger charge is -2.01. The zero-order chi connectivity index (χ0) is 12.0. The Kier molecular flexibility index (Phi) is 5.65. The molecule has 1 heterocycles. The second-order valence-electron chi connectivity index (χ2n) is 3.22. The zero-order valence-corrected chi connectivity index (χ0v) is 10.7. The maximum absolute atomic E-state index is 11.1. The Bertz CT molecular complexity index is 376. The van der Waals surface area contributed by atoms with Crippen LogP contribution in [0.1, 0.15) is 22.2 Å². The van der Waals surface area contributed by atoms with E-state index in [1.165, 1.54) is 11.3 Å². The van der Waals surface area contributed by atoms with Crippen LogP contribution in [0.4, 0.5) is 0 Å². The molecular weight excluding hydrogens is 246 g/mol. The highest BCUT2D eigenvalue weighted by atomic mass is 32.2. The number of thiophene rings is 1. The van der Waals surface area contributed by atoms with Gasteiger partial charge in [-0.25, -0.2) is 4.79 Å². The molecule has 0 amide bonds. The van der Waals surface area contributed by atoms with E-state index in [0.717, 1.165) is 4.88 Å². The molecule has 0 aliphatic carbocycles. The van der Waals surface area contributed by atoms with E-state index < -0.39 is 16.8 Å². The van der Waals surface area contributed by atoms with Crippen LogP contribution in [0.5, 0.6) is 0 Å². The third kappa shape index (κ3) is 4.42. The minimum Gasteiger partial charge on any atom is -0.478 e. The van der Waals surface area contributed by atoms with Gasteiger partial charge < -0.3 is 10.4 Å². The highest BCUT2D eigenvalue weighted by Gasteiger charge is 2.05. The summed E-state index contributed by atoms with van der Waals surface area (Å²) in [6, 6.07) is 1.66.